The highest BCUT2D eigenvalue weighted by Crippen LogP contribution is 2.36. The number of nitrogens with zero attached hydrogens (tertiary/aromatic N) is 1. The van der Waals surface area contributed by atoms with Crippen LogP contribution in [0.2, 0.25) is 5.02 Å². The van der Waals surface area contributed by atoms with Gasteiger partial charge in [-0.05, 0) is 55.0 Å². The first-order valence-corrected chi connectivity index (χ1v) is 9.37. The molecule has 0 atom stereocenters. The van der Waals surface area contributed by atoms with Crippen LogP contribution in [0.15, 0.2) is 60.7 Å². The van der Waals surface area contributed by atoms with Crippen molar-refractivity contribution in [2.24, 2.45) is 5.41 Å². The number of aliphatic hydroxyl groups excluding tert-OH is 1. The fourth-order valence-electron chi connectivity index (χ4n) is 3.55. The number of piperidine rings is 1. The number of rotatable bonds is 6. The van der Waals surface area contributed by atoms with Crippen LogP contribution >= 0.6 is 11.6 Å². The van der Waals surface area contributed by atoms with E-state index in [9.17, 15) is 5.11 Å². The molecular weight excluding hydrogens is 330 g/mol. The van der Waals surface area contributed by atoms with E-state index in [2.05, 4.69) is 47.4 Å². The van der Waals surface area contributed by atoms with E-state index in [0.29, 0.717) is 0 Å². The van der Waals surface area contributed by atoms with E-state index < -0.39 is 0 Å². The molecule has 1 aliphatic heterocycles. The van der Waals surface area contributed by atoms with Crippen molar-refractivity contribution in [2.75, 3.05) is 26.2 Å². The molecule has 1 fully saturated rings. The van der Waals surface area contributed by atoms with E-state index in [0.717, 1.165) is 49.5 Å². The molecule has 0 bridgehead atoms. The zero-order valence-corrected chi connectivity index (χ0v) is 15.3. The Morgan fingerprint density at radius 3 is 2.36 bits per heavy atom. The first-order valence-electron chi connectivity index (χ1n) is 8.99. The van der Waals surface area contributed by atoms with Crippen molar-refractivity contribution >= 4 is 17.7 Å². The van der Waals surface area contributed by atoms with Crippen LogP contribution in [0.4, 0.5) is 0 Å². The molecule has 0 saturated carbocycles. The lowest BCUT2D eigenvalue weighted by molar-refractivity contribution is 0.0484. The summed E-state index contributed by atoms with van der Waals surface area (Å²) in [4.78, 5) is 2.46. The normalized spacial score (nSPS) is 17.8. The predicted octanol–water partition coefficient (Wildman–Crippen LogP) is 4.67. The Bertz CT molecular complexity index is 690. The van der Waals surface area contributed by atoms with Gasteiger partial charge in [0.05, 0.1) is 0 Å². The number of hydrogen-bond donors (Lipinski definition) is 1. The van der Waals surface area contributed by atoms with Crippen molar-refractivity contribution in [3.8, 4) is 0 Å². The Labute approximate surface area is 155 Å². The molecular formula is C22H26ClNO. The average Bonchev–Trinajstić information content (AvgIpc) is 2.66. The summed E-state index contributed by atoms with van der Waals surface area (Å²) in [5.41, 5.74) is 2.35. The SMILES string of the molecule is OCC1(Cc2ccccc2Cl)CCN(C/C=C/c2ccccc2)CC1. The van der Waals surface area contributed by atoms with E-state index in [1.165, 1.54) is 5.56 Å². The van der Waals surface area contributed by atoms with Crippen LogP contribution in [0.3, 0.4) is 0 Å². The second-order valence-corrected chi connectivity index (χ2v) is 7.45. The van der Waals surface area contributed by atoms with Crippen molar-refractivity contribution < 1.29 is 5.11 Å². The third kappa shape index (κ3) is 4.94. The summed E-state index contributed by atoms with van der Waals surface area (Å²) >= 11 is 6.32. The van der Waals surface area contributed by atoms with Crippen LogP contribution in [-0.2, 0) is 6.42 Å². The maximum Gasteiger partial charge on any atom is 0.0491 e. The Morgan fingerprint density at radius 2 is 1.68 bits per heavy atom. The lowest BCUT2D eigenvalue weighted by Gasteiger charge is -2.40. The van der Waals surface area contributed by atoms with E-state index in [1.807, 2.05) is 24.3 Å². The fourth-order valence-corrected chi connectivity index (χ4v) is 3.75. The minimum atomic E-state index is -0.0371. The third-order valence-corrected chi connectivity index (χ3v) is 5.62. The average molecular weight is 356 g/mol. The maximum atomic E-state index is 10.0. The standard InChI is InChI=1S/C22H26ClNO/c23-21-11-5-4-10-20(21)17-22(18-25)12-15-24(16-13-22)14-6-9-19-7-2-1-3-8-19/h1-11,25H,12-18H2/b9-6+. The Balaban J connectivity index is 1.54. The molecule has 25 heavy (non-hydrogen) atoms. The van der Waals surface area contributed by atoms with E-state index in [-0.39, 0.29) is 12.0 Å². The van der Waals surface area contributed by atoms with Gasteiger partial charge in [-0.25, -0.2) is 0 Å². The van der Waals surface area contributed by atoms with E-state index in [1.54, 1.807) is 0 Å². The summed E-state index contributed by atoms with van der Waals surface area (Å²) < 4.78 is 0. The van der Waals surface area contributed by atoms with Gasteiger partial charge in [-0.1, -0.05) is 72.3 Å². The van der Waals surface area contributed by atoms with Gasteiger partial charge < -0.3 is 5.11 Å². The number of aliphatic hydroxyl groups is 1. The quantitative estimate of drug-likeness (QED) is 0.813. The number of halogens is 1. The summed E-state index contributed by atoms with van der Waals surface area (Å²) in [6.07, 6.45) is 7.28. The Kier molecular flexibility index (Phi) is 6.30. The molecule has 2 aromatic carbocycles. The Hall–Kier alpha value is -1.61. The first-order chi connectivity index (χ1) is 12.2. The topological polar surface area (TPSA) is 23.5 Å². The molecule has 0 aromatic heterocycles. The second kappa shape index (κ2) is 8.66. The molecule has 1 aliphatic rings. The van der Waals surface area contributed by atoms with Crippen LogP contribution in [-0.4, -0.2) is 36.2 Å². The van der Waals surface area contributed by atoms with Gasteiger partial charge in [0.25, 0.3) is 0 Å². The maximum absolute atomic E-state index is 10.0. The van der Waals surface area contributed by atoms with E-state index >= 15 is 0 Å². The van der Waals surface area contributed by atoms with Crippen molar-refractivity contribution in [2.45, 2.75) is 19.3 Å². The molecule has 1 heterocycles. The summed E-state index contributed by atoms with van der Waals surface area (Å²) in [5, 5.41) is 10.8. The largest absolute Gasteiger partial charge is 0.396 e. The number of likely N-dealkylation sites (tertiary alicyclic amines) is 1. The molecule has 1 saturated heterocycles. The lowest BCUT2D eigenvalue weighted by atomic mass is 9.74. The van der Waals surface area contributed by atoms with Gasteiger partial charge in [0, 0.05) is 18.2 Å². The minimum Gasteiger partial charge on any atom is -0.396 e. The fraction of sp³-hybridized carbons (Fsp3) is 0.364. The Morgan fingerprint density at radius 1 is 1.00 bits per heavy atom. The summed E-state index contributed by atoms with van der Waals surface area (Å²) in [7, 11) is 0. The molecule has 3 rings (SSSR count). The molecule has 0 aliphatic carbocycles. The highest BCUT2D eigenvalue weighted by molar-refractivity contribution is 6.31. The van der Waals surface area contributed by atoms with Crippen LogP contribution in [0.5, 0.6) is 0 Å². The molecule has 0 amide bonds. The van der Waals surface area contributed by atoms with Gasteiger partial charge in [-0.2, -0.15) is 0 Å². The molecule has 2 aromatic rings. The number of hydrogen-bond acceptors (Lipinski definition) is 2. The molecule has 0 spiro atoms. The third-order valence-electron chi connectivity index (χ3n) is 5.25. The summed E-state index contributed by atoms with van der Waals surface area (Å²) in [6.45, 7) is 3.22. The predicted molar refractivity (Wildman–Crippen MR) is 106 cm³/mol. The van der Waals surface area contributed by atoms with Crippen molar-refractivity contribution in [1.82, 2.24) is 4.90 Å². The van der Waals surface area contributed by atoms with Gasteiger partial charge in [-0.15, -0.1) is 0 Å². The molecule has 2 nitrogen and oxygen atoms in total. The van der Waals surface area contributed by atoms with Crippen LogP contribution < -0.4 is 0 Å². The van der Waals surface area contributed by atoms with E-state index in [4.69, 9.17) is 11.6 Å². The molecule has 1 N–H and O–H groups in total. The van der Waals surface area contributed by atoms with Crippen molar-refractivity contribution in [1.29, 1.82) is 0 Å². The van der Waals surface area contributed by atoms with Gasteiger partial charge >= 0.3 is 0 Å². The molecule has 3 heteroatoms. The van der Waals surface area contributed by atoms with Crippen LogP contribution in [0.1, 0.15) is 24.0 Å². The van der Waals surface area contributed by atoms with Crippen molar-refractivity contribution in [3.63, 3.8) is 0 Å². The lowest BCUT2D eigenvalue weighted by Crippen LogP contribution is -2.43. The smallest absolute Gasteiger partial charge is 0.0491 e. The van der Waals surface area contributed by atoms with Crippen molar-refractivity contribution in [3.05, 3.63) is 76.8 Å². The molecule has 132 valence electrons. The van der Waals surface area contributed by atoms with Crippen LogP contribution in [0.25, 0.3) is 6.08 Å². The van der Waals surface area contributed by atoms with Gasteiger partial charge in [0.2, 0.25) is 0 Å². The number of benzene rings is 2. The first kappa shape index (κ1) is 18.2. The second-order valence-electron chi connectivity index (χ2n) is 7.04. The monoisotopic (exact) mass is 355 g/mol. The zero-order chi connectivity index (χ0) is 17.5. The van der Waals surface area contributed by atoms with Gasteiger partial charge in [-0.3, -0.25) is 4.90 Å². The van der Waals surface area contributed by atoms with Gasteiger partial charge in [0.1, 0.15) is 0 Å². The highest BCUT2D eigenvalue weighted by atomic mass is 35.5. The summed E-state index contributed by atoms with van der Waals surface area (Å²) in [5.74, 6) is 0. The van der Waals surface area contributed by atoms with Crippen LogP contribution in [0, 0.1) is 5.41 Å². The minimum absolute atomic E-state index is 0.0371. The molecule has 0 unspecified atom stereocenters. The summed E-state index contributed by atoms with van der Waals surface area (Å²) in [6, 6.07) is 18.4. The highest BCUT2D eigenvalue weighted by Gasteiger charge is 2.34. The van der Waals surface area contributed by atoms with Gasteiger partial charge in [0.15, 0.2) is 0 Å². The molecule has 0 radical (unpaired) electrons. The zero-order valence-electron chi connectivity index (χ0n) is 14.6.